The molecule has 5 nitrogen and oxygen atoms in total. The lowest BCUT2D eigenvalue weighted by molar-refractivity contribution is 0.176. The van der Waals surface area contributed by atoms with Crippen LogP contribution in [0, 0.1) is 0 Å². The molecule has 20 heavy (non-hydrogen) atoms. The predicted molar refractivity (Wildman–Crippen MR) is 84.4 cm³/mol. The van der Waals surface area contributed by atoms with E-state index in [0.29, 0.717) is 6.54 Å². The SMILES string of the molecule is CCCNCC(C)S(=O)(=O)N(C)C1CCN(CC)CC1. The minimum atomic E-state index is -3.19. The fourth-order valence-corrected chi connectivity index (χ4v) is 4.20. The summed E-state index contributed by atoms with van der Waals surface area (Å²) in [6.45, 7) is 10.5. The van der Waals surface area contributed by atoms with E-state index in [9.17, 15) is 8.42 Å². The van der Waals surface area contributed by atoms with Crippen molar-refractivity contribution in [2.24, 2.45) is 0 Å². The quantitative estimate of drug-likeness (QED) is 0.683. The minimum absolute atomic E-state index is 0.163. The molecule has 1 atom stereocenters. The topological polar surface area (TPSA) is 52.7 Å². The van der Waals surface area contributed by atoms with Gasteiger partial charge in [0.1, 0.15) is 0 Å². The zero-order valence-corrected chi connectivity index (χ0v) is 14.2. The molecular formula is C14H31N3O2S. The van der Waals surface area contributed by atoms with Crippen LogP contribution in [0.15, 0.2) is 0 Å². The van der Waals surface area contributed by atoms with Crippen LogP contribution in [-0.2, 0) is 10.0 Å². The molecule has 6 heteroatoms. The highest BCUT2D eigenvalue weighted by atomic mass is 32.2. The number of hydrogen-bond acceptors (Lipinski definition) is 4. The van der Waals surface area contributed by atoms with E-state index < -0.39 is 10.0 Å². The highest BCUT2D eigenvalue weighted by Gasteiger charge is 2.32. The fraction of sp³-hybridized carbons (Fsp3) is 1.00. The smallest absolute Gasteiger partial charge is 0.217 e. The Morgan fingerprint density at radius 2 is 1.90 bits per heavy atom. The third-order valence-corrected chi connectivity index (χ3v) is 6.57. The van der Waals surface area contributed by atoms with Crippen molar-refractivity contribution in [2.75, 3.05) is 39.8 Å². The van der Waals surface area contributed by atoms with E-state index >= 15 is 0 Å². The third-order valence-electron chi connectivity index (χ3n) is 4.29. The molecule has 1 saturated heterocycles. The molecule has 0 aliphatic carbocycles. The molecular weight excluding hydrogens is 274 g/mol. The lowest BCUT2D eigenvalue weighted by atomic mass is 10.1. The second-order valence-corrected chi connectivity index (χ2v) is 8.15. The zero-order valence-electron chi connectivity index (χ0n) is 13.4. The molecule has 1 unspecified atom stereocenters. The summed E-state index contributed by atoms with van der Waals surface area (Å²) in [5.41, 5.74) is 0. The van der Waals surface area contributed by atoms with Crippen LogP contribution in [-0.4, -0.2) is 68.7 Å². The molecule has 0 aromatic rings. The standard InChI is InChI=1S/C14H31N3O2S/c1-5-9-15-12-13(3)20(18,19)16(4)14-7-10-17(6-2)11-8-14/h13-15H,5-12H2,1-4H3. The molecule has 0 radical (unpaired) electrons. The van der Waals surface area contributed by atoms with Crippen molar-refractivity contribution in [1.82, 2.24) is 14.5 Å². The highest BCUT2D eigenvalue weighted by molar-refractivity contribution is 7.89. The van der Waals surface area contributed by atoms with Gasteiger partial charge < -0.3 is 10.2 Å². The van der Waals surface area contributed by atoms with Gasteiger partial charge in [0.15, 0.2) is 0 Å². The summed E-state index contributed by atoms with van der Waals surface area (Å²) >= 11 is 0. The molecule has 1 N–H and O–H groups in total. The molecule has 0 aromatic heterocycles. The lowest BCUT2D eigenvalue weighted by Crippen LogP contribution is -2.49. The molecule has 0 aromatic carbocycles. The highest BCUT2D eigenvalue weighted by Crippen LogP contribution is 2.20. The van der Waals surface area contributed by atoms with Crippen molar-refractivity contribution < 1.29 is 8.42 Å². The summed E-state index contributed by atoms with van der Waals surface area (Å²) < 4.78 is 26.7. The Morgan fingerprint density at radius 3 is 2.40 bits per heavy atom. The van der Waals surface area contributed by atoms with Gasteiger partial charge in [-0.25, -0.2) is 12.7 Å². The molecule has 1 fully saturated rings. The Labute approximate surface area is 124 Å². The number of likely N-dealkylation sites (tertiary alicyclic amines) is 1. The van der Waals surface area contributed by atoms with Crippen LogP contribution in [0.3, 0.4) is 0 Å². The van der Waals surface area contributed by atoms with Gasteiger partial charge >= 0.3 is 0 Å². The van der Waals surface area contributed by atoms with Crippen molar-refractivity contribution in [3.63, 3.8) is 0 Å². The normalized spacial score (nSPS) is 20.4. The molecule has 0 saturated carbocycles. The second-order valence-electron chi connectivity index (χ2n) is 5.74. The first-order chi connectivity index (χ1) is 9.43. The first-order valence-electron chi connectivity index (χ1n) is 7.83. The fourth-order valence-electron chi connectivity index (χ4n) is 2.68. The van der Waals surface area contributed by atoms with Gasteiger partial charge in [-0.15, -0.1) is 0 Å². The summed E-state index contributed by atoms with van der Waals surface area (Å²) in [5, 5.41) is 2.84. The first kappa shape index (κ1) is 17.9. The zero-order chi connectivity index (χ0) is 15.2. The maximum atomic E-state index is 12.5. The van der Waals surface area contributed by atoms with Crippen LogP contribution in [0.25, 0.3) is 0 Å². The molecule has 1 rings (SSSR count). The Balaban J connectivity index is 2.54. The van der Waals surface area contributed by atoms with E-state index in [1.807, 2.05) is 0 Å². The van der Waals surface area contributed by atoms with E-state index in [4.69, 9.17) is 0 Å². The minimum Gasteiger partial charge on any atom is -0.315 e. The Bertz CT molecular complexity index is 365. The van der Waals surface area contributed by atoms with Gasteiger partial charge in [-0.1, -0.05) is 13.8 Å². The Kier molecular flexibility index (Phi) is 7.43. The van der Waals surface area contributed by atoms with Crippen LogP contribution >= 0.6 is 0 Å². The summed E-state index contributed by atoms with van der Waals surface area (Å²) in [5.74, 6) is 0. The molecule has 1 aliphatic rings. The Morgan fingerprint density at radius 1 is 1.30 bits per heavy atom. The van der Waals surface area contributed by atoms with Gasteiger partial charge in [-0.3, -0.25) is 0 Å². The molecule has 0 amide bonds. The monoisotopic (exact) mass is 305 g/mol. The van der Waals surface area contributed by atoms with Crippen molar-refractivity contribution in [3.8, 4) is 0 Å². The summed E-state index contributed by atoms with van der Waals surface area (Å²) in [7, 11) is -1.44. The number of sulfonamides is 1. The van der Waals surface area contributed by atoms with Gasteiger partial charge in [-0.05, 0) is 52.4 Å². The summed E-state index contributed by atoms with van der Waals surface area (Å²) in [4.78, 5) is 2.38. The molecule has 1 aliphatic heterocycles. The molecule has 120 valence electrons. The van der Waals surface area contributed by atoms with Gasteiger partial charge in [-0.2, -0.15) is 0 Å². The number of hydrogen-bond donors (Lipinski definition) is 1. The third kappa shape index (κ3) is 4.69. The van der Waals surface area contributed by atoms with Crippen LogP contribution in [0.5, 0.6) is 0 Å². The number of piperidine rings is 1. The first-order valence-corrected chi connectivity index (χ1v) is 9.33. The van der Waals surface area contributed by atoms with E-state index in [0.717, 1.165) is 45.4 Å². The van der Waals surface area contributed by atoms with Gasteiger partial charge in [0.25, 0.3) is 0 Å². The maximum absolute atomic E-state index is 12.5. The van der Waals surface area contributed by atoms with Crippen LogP contribution < -0.4 is 5.32 Å². The summed E-state index contributed by atoms with van der Waals surface area (Å²) in [6.07, 6.45) is 2.91. The van der Waals surface area contributed by atoms with Crippen LogP contribution in [0.1, 0.15) is 40.0 Å². The average molecular weight is 305 g/mol. The van der Waals surface area contributed by atoms with E-state index in [1.165, 1.54) is 0 Å². The number of nitrogens with one attached hydrogen (secondary N) is 1. The van der Waals surface area contributed by atoms with Crippen molar-refractivity contribution in [3.05, 3.63) is 0 Å². The summed E-state index contributed by atoms with van der Waals surface area (Å²) in [6, 6.07) is 0.163. The predicted octanol–water partition coefficient (Wildman–Crippen LogP) is 1.12. The number of nitrogens with zero attached hydrogens (tertiary/aromatic N) is 2. The largest absolute Gasteiger partial charge is 0.315 e. The second kappa shape index (κ2) is 8.32. The molecule has 0 bridgehead atoms. The maximum Gasteiger partial charge on any atom is 0.217 e. The van der Waals surface area contributed by atoms with E-state index in [-0.39, 0.29) is 11.3 Å². The average Bonchev–Trinajstić information content (AvgIpc) is 2.46. The Hall–Kier alpha value is -0.170. The molecule has 0 spiro atoms. The van der Waals surface area contributed by atoms with Crippen LogP contribution in [0.2, 0.25) is 0 Å². The van der Waals surface area contributed by atoms with Crippen molar-refractivity contribution >= 4 is 10.0 Å². The van der Waals surface area contributed by atoms with E-state index in [2.05, 4.69) is 24.1 Å². The van der Waals surface area contributed by atoms with Gasteiger partial charge in [0, 0.05) is 19.6 Å². The lowest BCUT2D eigenvalue weighted by Gasteiger charge is -2.36. The molecule has 1 heterocycles. The van der Waals surface area contributed by atoms with Crippen molar-refractivity contribution in [2.45, 2.75) is 51.3 Å². The number of rotatable bonds is 8. The van der Waals surface area contributed by atoms with Gasteiger partial charge in [0.2, 0.25) is 10.0 Å². The van der Waals surface area contributed by atoms with Crippen LogP contribution in [0.4, 0.5) is 0 Å². The van der Waals surface area contributed by atoms with Crippen molar-refractivity contribution in [1.29, 1.82) is 0 Å². The van der Waals surface area contributed by atoms with Gasteiger partial charge in [0.05, 0.1) is 5.25 Å². The van der Waals surface area contributed by atoms with E-state index in [1.54, 1.807) is 18.3 Å².